The summed E-state index contributed by atoms with van der Waals surface area (Å²) < 4.78 is 84.0. The number of thiophene rings is 2. The first kappa shape index (κ1) is 21.2. The van der Waals surface area contributed by atoms with Gasteiger partial charge in [0.1, 0.15) is 0 Å². The molecule has 0 bridgehead atoms. The van der Waals surface area contributed by atoms with Gasteiger partial charge in [-0.1, -0.05) is 145 Å². The largest absolute Gasteiger partial charge is 0.208 e. The van der Waals surface area contributed by atoms with Crippen LogP contribution in [0.5, 0.6) is 0 Å². The number of hydrogen-bond donors (Lipinski definition) is 0. The lowest BCUT2D eigenvalue weighted by atomic mass is 9.99. The highest BCUT2D eigenvalue weighted by atomic mass is 32.1. The normalized spacial score (nSPS) is 14.1. The summed E-state index contributed by atoms with van der Waals surface area (Å²) in [6, 6.07) is 30.8. The lowest BCUT2D eigenvalue weighted by molar-refractivity contribution is 1.08. The predicted octanol–water partition coefficient (Wildman–Crippen LogP) is 12.9. The molecule has 0 saturated carbocycles. The quantitative estimate of drug-likeness (QED) is 0.181. The Bertz CT molecular complexity index is 3360. The van der Waals surface area contributed by atoms with E-state index in [-0.39, 0.29) is 63.9 Å². The summed E-state index contributed by atoms with van der Waals surface area (Å²) >= 11 is 3.10. The van der Waals surface area contributed by atoms with Gasteiger partial charge in [-0.2, -0.15) is 0 Å². The molecule has 3 nitrogen and oxygen atoms in total. The highest BCUT2D eigenvalue weighted by molar-refractivity contribution is 7.26. The molecule has 0 radical (unpaired) electrons. The van der Waals surface area contributed by atoms with Crippen LogP contribution < -0.4 is 0 Å². The molecule has 0 fully saturated rings. The van der Waals surface area contributed by atoms with Crippen LogP contribution >= 0.6 is 22.7 Å². The van der Waals surface area contributed by atoms with Crippen LogP contribution in [0.15, 0.2) is 164 Å². The van der Waals surface area contributed by atoms with Crippen LogP contribution in [0, 0.1) is 0 Å². The molecule has 10 rings (SSSR count). The molecule has 3 aromatic heterocycles. The van der Waals surface area contributed by atoms with Crippen molar-refractivity contribution in [3.05, 3.63) is 164 Å². The van der Waals surface area contributed by atoms with Gasteiger partial charge in [0.2, 0.25) is 0 Å². The minimum Gasteiger partial charge on any atom is -0.208 e. The molecule has 0 spiro atoms. The summed E-state index contributed by atoms with van der Waals surface area (Å²) in [6.07, 6.45) is 0. The summed E-state index contributed by atoms with van der Waals surface area (Å²) in [5.74, 6) is 0.151. The van der Waals surface area contributed by atoms with E-state index in [1.807, 2.05) is 84.9 Å². The molecule has 50 heavy (non-hydrogen) atoms. The first-order valence-corrected chi connectivity index (χ1v) is 17.5. The molecule has 5 heteroatoms. The highest BCUT2D eigenvalue weighted by Gasteiger charge is 2.19. The Balaban J connectivity index is 1.25. The smallest absolute Gasteiger partial charge is 0.165 e. The van der Waals surface area contributed by atoms with Crippen molar-refractivity contribution >= 4 is 63.0 Å². The summed E-state index contributed by atoms with van der Waals surface area (Å²) in [5, 5.41) is 4.04. The first-order valence-electron chi connectivity index (χ1n) is 20.4. The standard InChI is InChI=1S/C45H27N3S2/c1-2-12-28(13-3-1)31-14-4-5-17-37(31)44-46-43(47-45(48-44)38-21-11-20-36-34-16-7-9-23-40(34)50-42(36)38)30-26-24-29(25-27-30)32-18-10-19-35-33-15-6-8-22-39(33)49-41(32)35/h1-27H/i1D,2D,3D,12D,13D,24D,25D,26D,27D. The van der Waals surface area contributed by atoms with E-state index in [9.17, 15) is 5.48 Å². The molecule has 234 valence electrons. The molecule has 0 aliphatic carbocycles. The lowest BCUT2D eigenvalue weighted by Crippen LogP contribution is -2.01. The van der Waals surface area contributed by atoms with E-state index in [0.29, 0.717) is 16.7 Å². The zero-order valence-corrected chi connectivity index (χ0v) is 27.7. The third kappa shape index (κ3) is 4.82. The van der Waals surface area contributed by atoms with Crippen molar-refractivity contribution in [1.82, 2.24) is 15.0 Å². The maximum Gasteiger partial charge on any atom is 0.165 e. The van der Waals surface area contributed by atoms with Gasteiger partial charge >= 0.3 is 0 Å². The molecule has 0 atom stereocenters. The number of benzene rings is 7. The second-order valence-corrected chi connectivity index (χ2v) is 13.8. The van der Waals surface area contributed by atoms with Crippen molar-refractivity contribution in [3.8, 4) is 56.4 Å². The molecule has 0 saturated heterocycles. The van der Waals surface area contributed by atoms with Crippen molar-refractivity contribution in [2.75, 3.05) is 0 Å². The van der Waals surface area contributed by atoms with Crippen LogP contribution in [-0.2, 0) is 0 Å². The molecule has 0 unspecified atom stereocenters. The third-order valence-electron chi connectivity index (χ3n) is 8.74. The summed E-state index contributed by atoms with van der Waals surface area (Å²) in [5.41, 5.74) is 1.84. The van der Waals surface area contributed by atoms with Gasteiger partial charge in [0, 0.05) is 57.0 Å². The van der Waals surface area contributed by atoms with E-state index < -0.39 is 30.2 Å². The molecule has 7 aromatic carbocycles. The fourth-order valence-corrected chi connectivity index (χ4v) is 8.87. The monoisotopic (exact) mass is 682 g/mol. The van der Waals surface area contributed by atoms with Crippen LogP contribution in [0.25, 0.3) is 96.8 Å². The second kappa shape index (κ2) is 11.8. The van der Waals surface area contributed by atoms with Crippen molar-refractivity contribution in [1.29, 1.82) is 0 Å². The van der Waals surface area contributed by atoms with Gasteiger partial charge in [-0.05, 0) is 40.5 Å². The molecular weight excluding hydrogens is 647 g/mol. The van der Waals surface area contributed by atoms with Crippen LogP contribution in [0.4, 0.5) is 0 Å². The second-order valence-electron chi connectivity index (χ2n) is 11.7. The minimum atomic E-state index is -0.516. The summed E-state index contributed by atoms with van der Waals surface area (Å²) in [7, 11) is 0. The van der Waals surface area contributed by atoms with Crippen LogP contribution in [0.3, 0.4) is 0 Å². The third-order valence-corrected chi connectivity index (χ3v) is 11.2. The number of nitrogens with zero attached hydrogens (tertiary/aromatic N) is 3. The number of fused-ring (bicyclic) bond motifs is 6. The zero-order valence-electron chi connectivity index (χ0n) is 35.1. The van der Waals surface area contributed by atoms with Gasteiger partial charge in [-0.15, -0.1) is 22.7 Å². The molecule has 0 amide bonds. The Labute approximate surface area is 309 Å². The fourth-order valence-electron chi connectivity index (χ4n) is 6.44. The minimum absolute atomic E-state index is 0.0364. The fraction of sp³-hybridized carbons (Fsp3) is 0. The van der Waals surface area contributed by atoms with E-state index in [1.165, 1.54) is 11.3 Å². The topological polar surface area (TPSA) is 38.7 Å². The van der Waals surface area contributed by atoms with Crippen molar-refractivity contribution < 1.29 is 12.3 Å². The van der Waals surface area contributed by atoms with E-state index in [1.54, 1.807) is 35.6 Å². The maximum absolute atomic E-state index is 9.44. The summed E-state index contributed by atoms with van der Waals surface area (Å²) in [4.78, 5) is 14.7. The Kier molecular flexibility index (Phi) is 5.01. The zero-order chi connectivity index (χ0) is 40.9. The van der Waals surface area contributed by atoms with Gasteiger partial charge in [0.15, 0.2) is 17.5 Å². The number of rotatable bonds is 5. The molecule has 10 aromatic rings. The Hall–Kier alpha value is -6.01. The van der Waals surface area contributed by atoms with Gasteiger partial charge < -0.3 is 0 Å². The molecular formula is C45H27N3S2. The van der Waals surface area contributed by atoms with Gasteiger partial charge in [-0.25, -0.2) is 15.0 Å². The SMILES string of the molecule is [2H]c1c([2H])c([2H])c(-c2ccccc2-c2nc(-c3c([2H])c([2H])c(-c4cccc5c4sc4ccccc45)c([2H])c3[2H])nc(-c3cccc4c3sc3ccccc34)n2)c([2H])c1[2H]. The molecule has 0 aliphatic heterocycles. The van der Waals surface area contributed by atoms with Gasteiger partial charge in [-0.3, -0.25) is 0 Å². The average Bonchev–Trinajstić information content (AvgIpc) is 3.84. The molecule has 3 heterocycles. The van der Waals surface area contributed by atoms with E-state index >= 15 is 0 Å². The van der Waals surface area contributed by atoms with E-state index in [0.717, 1.165) is 40.3 Å². The van der Waals surface area contributed by atoms with Crippen LogP contribution in [0.1, 0.15) is 12.3 Å². The molecule has 0 aliphatic rings. The Morgan fingerprint density at radius 1 is 0.360 bits per heavy atom. The number of hydrogen-bond acceptors (Lipinski definition) is 5. The van der Waals surface area contributed by atoms with Crippen molar-refractivity contribution in [2.45, 2.75) is 0 Å². The van der Waals surface area contributed by atoms with Crippen molar-refractivity contribution in [3.63, 3.8) is 0 Å². The Morgan fingerprint density at radius 2 is 0.820 bits per heavy atom. The highest BCUT2D eigenvalue weighted by Crippen LogP contribution is 2.42. The Morgan fingerprint density at radius 3 is 1.50 bits per heavy atom. The molecule has 0 N–H and O–H groups in total. The van der Waals surface area contributed by atoms with Crippen LogP contribution in [-0.4, -0.2) is 15.0 Å². The van der Waals surface area contributed by atoms with E-state index in [2.05, 4.69) is 0 Å². The maximum atomic E-state index is 9.44. The van der Waals surface area contributed by atoms with Gasteiger partial charge in [0.05, 0.1) is 12.3 Å². The van der Waals surface area contributed by atoms with Gasteiger partial charge in [0.25, 0.3) is 0 Å². The average molecular weight is 683 g/mol. The van der Waals surface area contributed by atoms with E-state index in [4.69, 9.17) is 21.8 Å². The van der Waals surface area contributed by atoms with Crippen molar-refractivity contribution in [2.24, 2.45) is 0 Å². The lowest BCUT2D eigenvalue weighted by Gasteiger charge is -2.12. The number of aromatic nitrogens is 3. The first-order chi connectivity index (χ1) is 28.5. The van der Waals surface area contributed by atoms with Crippen LogP contribution in [0.2, 0.25) is 0 Å². The predicted molar refractivity (Wildman–Crippen MR) is 213 cm³/mol. The summed E-state index contributed by atoms with van der Waals surface area (Å²) in [6.45, 7) is 0.